The summed E-state index contributed by atoms with van der Waals surface area (Å²) in [5, 5.41) is 19.4. The van der Waals surface area contributed by atoms with Crippen molar-refractivity contribution in [2.75, 3.05) is 40.9 Å². The molecule has 0 saturated heterocycles. The van der Waals surface area contributed by atoms with Gasteiger partial charge in [0, 0.05) is 24.0 Å². The molecule has 0 rings (SSSR count). The summed E-state index contributed by atoms with van der Waals surface area (Å²) in [5.41, 5.74) is 0.683. The molecule has 3 N–H and O–H groups in total. The maximum absolute atomic E-state index is 14.7. The number of phosphoric ester groups is 1. The number of rotatable bonds is 56. The minimum absolute atomic E-state index is 0.0605. The minimum Gasteiger partial charge on any atom is -0.394 e. The maximum Gasteiger partial charge on any atom is 0.473 e. The van der Waals surface area contributed by atoms with Crippen molar-refractivity contribution in [1.29, 1.82) is 0 Å². The van der Waals surface area contributed by atoms with Gasteiger partial charge in [-0.15, -0.1) is 0 Å². The first-order valence-corrected chi connectivity index (χ1v) is 32.2. The number of hydrogen-bond acceptors (Lipinski definition) is 7. The van der Waals surface area contributed by atoms with Crippen LogP contribution in [-0.2, 0) is 23.2 Å². The van der Waals surface area contributed by atoms with Crippen LogP contribution in [0, 0.1) is 0 Å². The Hall–Kier alpha value is -1.45. The van der Waals surface area contributed by atoms with E-state index in [0.717, 1.165) is 103 Å². The summed E-state index contributed by atoms with van der Waals surface area (Å²) < 4.78 is 25.0. The van der Waals surface area contributed by atoms with Gasteiger partial charge in [-0.1, -0.05) is 231 Å². The molecule has 0 radical (unpaired) electrons. The summed E-state index contributed by atoms with van der Waals surface area (Å²) in [6, 6.07) is 0. The van der Waals surface area contributed by atoms with E-state index in [0.29, 0.717) is 29.3 Å². The quantitative estimate of drug-likeness (QED) is 0.0181. The number of Topliss-reactive ketones (excluding diaryl/α,β-unsaturated/α-hetero) is 2. The number of aliphatic hydroxyl groups is 2. The van der Waals surface area contributed by atoms with Gasteiger partial charge >= 0.3 is 7.82 Å². The van der Waals surface area contributed by atoms with E-state index in [4.69, 9.17) is 9.05 Å². The van der Waals surface area contributed by atoms with Gasteiger partial charge in [-0.05, 0) is 77.0 Å². The first-order valence-electron chi connectivity index (χ1n) is 30.7. The first-order chi connectivity index (χ1) is 34.8. The highest BCUT2D eigenvalue weighted by atomic mass is 31.2. The molecule has 0 saturated carbocycles. The van der Waals surface area contributed by atoms with E-state index in [1.54, 1.807) is 0 Å². The number of carbonyl (C=O) groups is 2. The number of ketones is 2. The number of likely N-dealkylation sites (N-methyl/N-ethyl adjacent to an activating group) is 1. The zero-order valence-corrected chi connectivity index (χ0v) is 49.2. The molecule has 0 aromatic carbocycles. The number of carbonyl (C=O) groups excluding carboxylic acids is 2. The fourth-order valence-electron chi connectivity index (χ4n) is 9.56. The zero-order chi connectivity index (χ0) is 53.2. The summed E-state index contributed by atoms with van der Waals surface area (Å²) >= 11 is 0. The predicted molar refractivity (Wildman–Crippen MR) is 308 cm³/mol. The van der Waals surface area contributed by atoms with Crippen LogP contribution in [0.4, 0.5) is 0 Å². The molecular weight excluding hydrogens is 918 g/mol. The lowest BCUT2D eigenvalue weighted by Gasteiger charge is -2.32. The molecule has 0 aromatic heterocycles. The van der Waals surface area contributed by atoms with Gasteiger partial charge < -0.3 is 19.6 Å². The van der Waals surface area contributed by atoms with Crippen LogP contribution in [0.1, 0.15) is 297 Å². The molecule has 9 nitrogen and oxygen atoms in total. The van der Waals surface area contributed by atoms with Crippen molar-refractivity contribution in [3.8, 4) is 0 Å². The summed E-state index contributed by atoms with van der Waals surface area (Å²) in [6.07, 6.45) is 54.9. The zero-order valence-electron chi connectivity index (χ0n) is 48.3. The number of unbranched alkanes of at least 4 members (excludes halogenated alkanes) is 35. The van der Waals surface area contributed by atoms with Crippen molar-refractivity contribution in [3.05, 3.63) is 35.5 Å². The summed E-state index contributed by atoms with van der Waals surface area (Å²) in [4.78, 5) is 40.3. The number of nitrogens with zero attached hydrogens (tertiary/aromatic N) is 1. The Labute approximate surface area is 445 Å². The fraction of sp³-hybridized carbons (Fsp3) is 0.871. The topological polar surface area (TPSA) is 130 Å². The molecule has 0 bridgehead atoms. The van der Waals surface area contributed by atoms with E-state index in [2.05, 4.69) is 45.1 Å². The highest BCUT2D eigenvalue weighted by Crippen LogP contribution is 2.47. The van der Waals surface area contributed by atoms with Crippen LogP contribution in [-0.4, -0.2) is 84.3 Å². The third kappa shape index (κ3) is 45.9. The van der Waals surface area contributed by atoms with E-state index in [1.807, 2.05) is 21.1 Å². The molecule has 0 aliphatic rings. The molecule has 2 unspecified atom stereocenters. The number of allylic oxidation sites excluding steroid dienone is 5. The smallest absolute Gasteiger partial charge is 0.394 e. The van der Waals surface area contributed by atoms with Gasteiger partial charge in [0.2, 0.25) is 0 Å². The van der Waals surface area contributed by atoms with Crippen molar-refractivity contribution in [2.24, 2.45) is 0 Å². The monoisotopic (exact) mass is 1040 g/mol. The van der Waals surface area contributed by atoms with Gasteiger partial charge in [0.1, 0.15) is 18.8 Å². The molecule has 0 spiro atoms. The molecule has 0 amide bonds. The minimum atomic E-state index is -4.83. The molecule has 0 aliphatic heterocycles. The molecule has 0 aliphatic carbocycles. The second-order valence-electron chi connectivity index (χ2n) is 22.4. The Morgan fingerprint density at radius 3 is 1.11 bits per heavy atom. The lowest BCUT2D eigenvalue weighted by molar-refractivity contribution is -0.872. The third-order valence-corrected chi connectivity index (χ3v) is 15.0. The van der Waals surface area contributed by atoms with Crippen LogP contribution in [0.3, 0.4) is 0 Å². The Morgan fingerprint density at radius 1 is 0.472 bits per heavy atom. The van der Waals surface area contributed by atoms with E-state index in [1.165, 1.54) is 148 Å². The van der Waals surface area contributed by atoms with Gasteiger partial charge in [-0.2, -0.15) is 0 Å². The molecule has 424 valence electrons. The molecule has 0 fully saturated rings. The summed E-state index contributed by atoms with van der Waals surface area (Å²) in [7, 11) is 0.964. The van der Waals surface area contributed by atoms with E-state index in [9.17, 15) is 29.3 Å². The van der Waals surface area contributed by atoms with E-state index < -0.39 is 33.2 Å². The fourth-order valence-corrected chi connectivity index (χ4v) is 10.5. The molecular formula is C62H119NO8P+. The summed E-state index contributed by atoms with van der Waals surface area (Å²) in [6.45, 7) is 5.69. The van der Waals surface area contributed by atoms with Crippen LogP contribution in [0.15, 0.2) is 35.5 Å². The average molecular weight is 1040 g/mol. The van der Waals surface area contributed by atoms with Crippen molar-refractivity contribution in [1.82, 2.24) is 0 Å². The van der Waals surface area contributed by atoms with Crippen molar-refractivity contribution >= 4 is 19.4 Å². The van der Waals surface area contributed by atoms with Gasteiger partial charge in [-0.3, -0.25) is 18.6 Å². The molecule has 72 heavy (non-hydrogen) atoms. The lowest BCUT2D eigenvalue weighted by Crippen LogP contribution is -2.44. The van der Waals surface area contributed by atoms with Crippen molar-refractivity contribution in [3.63, 3.8) is 0 Å². The van der Waals surface area contributed by atoms with Crippen molar-refractivity contribution in [2.45, 2.75) is 309 Å². The second kappa shape index (κ2) is 50.4. The number of hydrogen-bond donors (Lipinski definition) is 3. The van der Waals surface area contributed by atoms with Gasteiger partial charge in [-0.25, -0.2) is 4.57 Å². The standard InChI is InChI=1S/C62H118NO8P/c1-7-10-13-16-19-22-25-28-31-34-37-40-43-46-49-52-59(66)58(51-48-45-42-39-36-33-30-27-24-21-18-15-12-9-3)62(61(54-63(4,5)6)71-72(68,69)70-56-57(65)55-64)60(67)53-50-47-44-41-38-35-32-29-26-23-20-17-14-11-8-2/h28-29,31-32,57,61,64-65H,7-27,30,33-56H2,1-6H3/p+1/b31-28-,32-29-,62-58?/t57-,61?/m1/s1. The second-order valence-corrected chi connectivity index (χ2v) is 23.8. The summed E-state index contributed by atoms with van der Waals surface area (Å²) in [5.74, 6) is -0.255. The van der Waals surface area contributed by atoms with Crippen molar-refractivity contribution < 1.29 is 42.8 Å². The van der Waals surface area contributed by atoms with Crippen LogP contribution in [0.5, 0.6) is 0 Å². The maximum atomic E-state index is 14.7. The Kier molecular flexibility index (Phi) is 49.4. The predicted octanol–water partition coefficient (Wildman–Crippen LogP) is 17.9. The van der Waals surface area contributed by atoms with E-state index in [-0.39, 0.29) is 30.1 Å². The molecule has 10 heteroatoms. The highest BCUT2D eigenvalue weighted by Gasteiger charge is 2.38. The molecule has 0 heterocycles. The van der Waals surface area contributed by atoms with Gasteiger partial charge in [0.15, 0.2) is 11.6 Å². The Balaban J connectivity index is 6.03. The third-order valence-electron chi connectivity index (χ3n) is 14.0. The highest BCUT2D eigenvalue weighted by molar-refractivity contribution is 7.47. The Bertz CT molecular complexity index is 1390. The van der Waals surface area contributed by atoms with Crippen LogP contribution < -0.4 is 0 Å². The van der Waals surface area contributed by atoms with Crippen LogP contribution >= 0.6 is 7.82 Å². The van der Waals surface area contributed by atoms with Gasteiger partial charge in [0.05, 0.1) is 34.4 Å². The molecule has 3 atom stereocenters. The SMILES string of the molecule is CCCCCCCC/C=C\CCCCCCCC(=O)C(CCCCCCCCCCCCCCCC)=C(C(=O)CCCCCCC/C=C\CCCCCCCC)C(C[N+](C)(C)C)OP(=O)(O)OC[C@H](O)CO. The number of quaternary nitrogens is 1. The molecule has 0 aromatic rings. The van der Waals surface area contributed by atoms with E-state index >= 15 is 0 Å². The first kappa shape index (κ1) is 70.5. The lowest BCUT2D eigenvalue weighted by atomic mass is 9.87. The normalized spacial score (nSPS) is 14.3. The average Bonchev–Trinajstić information content (AvgIpc) is 3.34. The number of phosphoric acid groups is 1. The number of aliphatic hydroxyl groups excluding tert-OH is 2. The largest absolute Gasteiger partial charge is 0.473 e. The Morgan fingerprint density at radius 2 is 0.778 bits per heavy atom. The van der Waals surface area contributed by atoms with Crippen LogP contribution in [0.25, 0.3) is 0 Å². The van der Waals surface area contributed by atoms with Crippen LogP contribution in [0.2, 0.25) is 0 Å². The van der Waals surface area contributed by atoms with Gasteiger partial charge in [0.25, 0.3) is 0 Å².